The molecule has 1 aromatic carbocycles. The molecule has 3 aliphatic rings. The maximum Gasteiger partial charge on any atom is 0.147 e. The molecule has 2 aromatic rings. The quantitative estimate of drug-likeness (QED) is 0.800. The molecule has 2 heterocycles. The molecule has 28 heavy (non-hydrogen) atoms. The lowest BCUT2D eigenvalue weighted by atomic mass is 9.53. The minimum Gasteiger partial charge on any atom is -0.374 e. The highest BCUT2D eigenvalue weighted by atomic mass is 32.2. The van der Waals surface area contributed by atoms with Crippen LogP contribution in [-0.4, -0.2) is 32.1 Å². The topological polar surface area (TPSA) is 88.0 Å². The summed E-state index contributed by atoms with van der Waals surface area (Å²) in [4.78, 5) is 9.16. The molecule has 0 saturated heterocycles. The predicted molar refractivity (Wildman–Crippen MR) is 108 cm³/mol. The van der Waals surface area contributed by atoms with E-state index in [0.29, 0.717) is 40.6 Å². The number of fused-ring (bicyclic) bond motifs is 1. The molecule has 1 atom stereocenters. The van der Waals surface area contributed by atoms with Gasteiger partial charge in [-0.15, -0.1) is 0 Å². The molecule has 1 aliphatic heterocycles. The van der Waals surface area contributed by atoms with Crippen LogP contribution in [-0.2, 0) is 27.5 Å². The van der Waals surface area contributed by atoms with Crippen molar-refractivity contribution in [2.24, 2.45) is 5.41 Å². The van der Waals surface area contributed by atoms with Gasteiger partial charge in [0, 0.05) is 11.8 Å². The van der Waals surface area contributed by atoms with Crippen LogP contribution in [0, 0.1) is 10.2 Å². The largest absolute Gasteiger partial charge is 0.374 e. The van der Waals surface area contributed by atoms with Crippen molar-refractivity contribution in [3.63, 3.8) is 0 Å². The van der Waals surface area contributed by atoms with Crippen LogP contribution in [0.15, 0.2) is 41.6 Å². The fraction of sp³-hybridized carbons (Fsp3) is 0.524. The number of hydrogen-bond acceptors (Lipinski definition) is 6. The van der Waals surface area contributed by atoms with Gasteiger partial charge < -0.3 is 10.1 Å². The molecule has 2 aliphatic carbocycles. The van der Waals surface area contributed by atoms with E-state index in [1.807, 2.05) is 18.2 Å². The molecular weight excluding hydrogens is 372 g/mol. The van der Waals surface area contributed by atoms with Crippen molar-refractivity contribution in [1.82, 2.24) is 9.97 Å². The zero-order chi connectivity index (χ0) is 19.2. The molecule has 1 unspecified atom stereocenters. The Morgan fingerprint density at radius 3 is 2.75 bits per heavy atom. The van der Waals surface area contributed by atoms with Gasteiger partial charge in [0.15, 0.2) is 0 Å². The Labute approximate surface area is 166 Å². The Balaban J connectivity index is 1.15. The minimum atomic E-state index is -2.77. The molecule has 148 valence electrons. The average molecular weight is 399 g/mol. The number of anilines is 1. The van der Waals surface area contributed by atoms with Gasteiger partial charge in [0.25, 0.3) is 0 Å². The summed E-state index contributed by atoms with van der Waals surface area (Å²) >= 11 is 0. The monoisotopic (exact) mass is 398 g/mol. The molecule has 0 amide bonds. The molecule has 2 N–H and O–H groups in total. The fourth-order valence-corrected chi connectivity index (χ4v) is 6.72. The second-order valence-electron chi connectivity index (χ2n) is 8.56. The van der Waals surface area contributed by atoms with Gasteiger partial charge in [0.2, 0.25) is 0 Å². The molecule has 0 radical (unpaired) electrons. The summed E-state index contributed by atoms with van der Waals surface area (Å²) in [5, 5.41) is 3.47. The Morgan fingerprint density at radius 1 is 1.18 bits per heavy atom. The van der Waals surface area contributed by atoms with Crippen LogP contribution in [0.5, 0.6) is 0 Å². The zero-order valence-corrected chi connectivity index (χ0v) is 16.7. The smallest absolute Gasteiger partial charge is 0.147 e. The van der Waals surface area contributed by atoms with Gasteiger partial charge in [-0.25, -0.2) is 19.0 Å². The number of aromatic nitrogens is 2. The Kier molecular flexibility index (Phi) is 4.39. The lowest BCUT2D eigenvalue weighted by Gasteiger charge is -2.57. The molecule has 2 fully saturated rings. The van der Waals surface area contributed by atoms with E-state index in [2.05, 4.69) is 27.4 Å². The fourth-order valence-electron chi connectivity index (χ4n) is 5.01. The Bertz CT molecular complexity index is 963. The first-order valence-corrected chi connectivity index (χ1v) is 11.8. The van der Waals surface area contributed by atoms with Gasteiger partial charge in [-0.05, 0) is 49.5 Å². The maximum absolute atomic E-state index is 12.7. The lowest BCUT2D eigenvalue weighted by molar-refractivity contribution is -0.126. The summed E-state index contributed by atoms with van der Waals surface area (Å²) in [6.07, 6.45) is 7.88. The zero-order valence-electron chi connectivity index (χ0n) is 15.9. The number of nitrogens with zero attached hydrogens (tertiary/aromatic N) is 2. The number of ether oxygens (including phenoxy) is 1. The van der Waals surface area contributed by atoms with Crippen molar-refractivity contribution in [2.45, 2.75) is 62.2 Å². The van der Waals surface area contributed by atoms with Crippen molar-refractivity contribution >= 4 is 15.5 Å². The highest BCUT2D eigenvalue weighted by Gasteiger charge is 2.53. The molecule has 5 rings (SSSR count). The molecule has 1 aromatic heterocycles. The first-order chi connectivity index (χ1) is 13.5. The van der Waals surface area contributed by atoms with Gasteiger partial charge in [-0.1, -0.05) is 30.3 Å². The van der Waals surface area contributed by atoms with Crippen LogP contribution >= 0.6 is 0 Å². The van der Waals surface area contributed by atoms with E-state index < -0.39 is 9.73 Å². The highest BCUT2D eigenvalue weighted by molar-refractivity contribution is 7.92. The number of benzene rings is 1. The number of aryl methyl sites for hydroxylation is 1. The SMILES string of the molecule is N=S1(=O)CCCc2ncnc(NC3CC4(C3)CC(OCc3ccccc3)C4)c21. The first-order valence-electron chi connectivity index (χ1n) is 10.1. The number of rotatable bonds is 5. The van der Waals surface area contributed by atoms with Gasteiger partial charge in [0.05, 0.1) is 28.1 Å². The van der Waals surface area contributed by atoms with Crippen molar-refractivity contribution in [1.29, 1.82) is 4.78 Å². The summed E-state index contributed by atoms with van der Waals surface area (Å²) < 4.78 is 27.0. The summed E-state index contributed by atoms with van der Waals surface area (Å²) in [5.74, 6) is 1.04. The first kappa shape index (κ1) is 18.1. The normalized spacial score (nSPS) is 33.6. The Hall–Kier alpha value is -1.99. The van der Waals surface area contributed by atoms with E-state index >= 15 is 0 Å². The van der Waals surface area contributed by atoms with E-state index in [0.717, 1.165) is 44.2 Å². The van der Waals surface area contributed by atoms with E-state index in [1.54, 1.807) is 0 Å². The van der Waals surface area contributed by atoms with Crippen molar-refractivity contribution < 1.29 is 8.95 Å². The lowest BCUT2D eigenvalue weighted by Crippen LogP contribution is -2.55. The van der Waals surface area contributed by atoms with Gasteiger partial charge >= 0.3 is 0 Å². The summed E-state index contributed by atoms with van der Waals surface area (Å²) in [7, 11) is -2.77. The van der Waals surface area contributed by atoms with E-state index in [4.69, 9.17) is 9.52 Å². The van der Waals surface area contributed by atoms with Crippen LogP contribution < -0.4 is 5.32 Å². The third-order valence-electron chi connectivity index (χ3n) is 6.40. The van der Waals surface area contributed by atoms with Gasteiger partial charge in [-0.3, -0.25) is 0 Å². The number of nitrogens with one attached hydrogen (secondary N) is 2. The highest BCUT2D eigenvalue weighted by Crippen LogP contribution is 2.57. The van der Waals surface area contributed by atoms with Crippen LogP contribution in [0.2, 0.25) is 0 Å². The second kappa shape index (κ2) is 6.81. The Morgan fingerprint density at radius 2 is 1.96 bits per heavy atom. The molecule has 7 heteroatoms. The standard InChI is InChI=1S/C21H26N4O2S/c22-28(26)8-4-7-18-19(28)20(24-14-23-18)25-16-9-21(10-16)11-17(12-21)27-13-15-5-2-1-3-6-15/h1-3,5-6,14,16-17,22H,4,7-13H2,(H,23,24,25). The second-order valence-corrected chi connectivity index (χ2v) is 10.7. The third-order valence-corrected chi connectivity index (χ3v) is 8.35. The number of hydrogen-bond donors (Lipinski definition) is 2. The predicted octanol–water partition coefficient (Wildman–Crippen LogP) is 3.77. The van der Waals surface area contributed by atoms with Crippen LogP contribution in [0.3, 0.4) is 0 Å². The van der Waals surface area contributed by atoms with Crippen LogP contribution in [0.1, 0.15) is 43.4 Å². The van der Waals surface area contributed by atoms with Gasteiger partial charge in [0.1, 0.15) is 17.0 Å². The molecule has 2 saturated carbocycles. The summed E-state index contributed by atoms with van der Waals surface area (Å²) in [5.41, 5.74) is 2.41. The van der Waals surface area contributed by atoms with E-state index in [1.165, 1.54) is 11.9 Å². The van der Waals surface area contributed by atoms with E-state index in [9.17, 15) is 4.21 Å². The molecule has 0 bridgehead atoms. The van der Waals surface area contributed by atoms with Crippen molar-refractivity contribution in [3.05, 3.63) is 47.9 Å². The summed E-state index contributed by atoms with van der Waals surface area (Å²) in [6.45, 7) is 0.689. The van der Waals surface area contributed by atoms with Crippen LogP contribution in [0.25, 0.3) is 0 Å². The molecule has 6 nitrogen and oxygen atoms in total. The molecular formula is C21H26N4O2S. The maximum atomic E-state index is 12.7. The van der Waals surface area contributed by atoms with Crippen molar-refractivity contribution in [2.75, 3.05) is 11.1 Å². The minimum absolute atomic E-state index is 0.339. The average Bonchev–Trinajstić information content (AvgIpc) is 2.62. The molecule has 1 spiro atoms. The van der Waals surface area contributed by atoms with Crippen molar-refractivity contribution in [3.8, 4) is 0 Å². The van der Waals surface area contributed by atoms with E-state index in [-0.39, 0.29) is 0 Å². The third kappa shape index (κ3) is 3.31. The van der Waals surface area contributed by atoms with Crippen LogP contribution in [0.4, 0.5) is 5.82 Å². The summed E-state index contributed by atoms with van der Waals surface area (Å²) in [6, 6.07) is 10.7. The van der Waals surface area contributed by atoms with Gasteiger partial charge in [-0.2, -0.15) is 0 Å².